The first-order chi connectivity index (χ1) is 14.2. The van der Waals surface area contributed by atoms with Crippen LogP contribution in [0.5, 0.6) is 0 Å². The maximum atomic E-state index is 12.6. The predicted molar refractivity (Wildman–Crippen MR) is 110 cm³/mol. The summed E-state index contributed by atoms with van der Waals surface area (Å²) in [6.07, 6.45) is 14.6. The van der Waals surface area contributed by atoms with Crippen LogP contribution in [0.25, 0.3) is 0 Å². The summed E-state index contributed by atoms with van der Waals surface area (Å²) in [6.45, 7) is 2.09. The molecule has 2 aliphatic rings. The number of nitrogens with one attached hydrogen (secondary N) is 1. The van der Waals surface area contributed by atoms with Crippen molar-refractivity contribution in [2.45, 2.75) is 32.2 Å². The number of pyridine rings is 2. The lowest BCUT2D eigenvalue weighted by Gasteiger charge is -2.20. The van der Waals surface area contributed by atoms with Gasteiger partial charge in [0.25, 0.3) is 5.91 Å². The molecule has 29 heavy (non-hydrogen) atoms. The molecule has 1 N–H and O–H groups in total. The predicted octanol–water partition coefficient (Wildman–Crippen LogP) is 2.76. The number of amides is 2. The molecular weight excluding hydrogens is 364 g/mol. The van der Waals surface area contributed by atoms with Crippen LogP contribution in [0, 0.1) is 11.8 Å². The zero-order chi connectivity index (χ0) is 20.1. The van der Waals surface area contributed by atoms with E-state index in [9.17, 15) is 9.59 Å². The number of carbonyl (C=O) groups excluding carboxylic acids is 2. The van der Waals surface area contributed by atoms with Crippen LogP contribution in [-0.4, -0.2) is 39.8 Å². The maximum absolute atomic E-state index is 12.6. The number of carbonyl (C=O) groups is 2. The van der Waals surface area contributed by atoms with E-state index in [4.69, 9.17) is 0 Å². The molecule has 1 aliphatic heterocycles. The number of aromatic nitrogens is 2. The molecule has 150 valence electrons. The monoisotopic (exact) mass is 390 g/mol. The van der Waals surface area contributed by atoms with Crippen LogP contribution in [0.3, 0.4) is 0 Å². The number of likely N-dealkylation sites (tertiary alicyclic amines) is 1. The highest BCUT2D eigenvalue weighted by Gasteiger charge is 2.31. The van der Waals surface area contributed by atoms with Crippen LogP contribution in [0.4, 0.5) is 0 Å². The Morgan fingerprint density at radius 2 is 1.86 bits per heavy atom. The Morgan fingerprint density at radius 3 is 2.66 bits per heavy atom. The number of hydrogen-bond acceptors (Lipinski definition) is 4. The van der Waals surface area contributed by atoms with Gasteiger partial charge < -0.3 is 10.2 Å². The summed E-state index contributed by atoms with van der Waals surface area (Å²) in [4.78, 5) is 35.3. The summed E-state index contributed by atoms with van der Waals surface area (Å²) in [6, 6.07) is 5.67. The fourth-order valence-electron chi connectivity index (χ4n) is 4.12. The average molecular weight is 390 g/mol. The summed E-state index contributed by atoms with van der Waals surface area (Å²) in [5.74, 6) is 0.723. The van der Waals surface area contributed by atoms with E-state index in [2.05, 4.69) is 27.4 Å². The second kappa shape index (κ2) is 8.99. The molecule has 1 saturated heterocycles. The van der Waals surface area contributed by atoms with Gasteiger partial charge in [0, 0.05) is 50.3 Å². The molecule has 2 amide bonds. The molecular formula is C23H26N4O2. The normalized spacial score (nSPS) is 18.9. The SMILES string of the molecule is O=C(NCc1ccncc1)c1cncc(CC2CCN(C(=O)C3CC=CC3)C2)c1. The molecule has 1 fully saturated rings. The number of allylic oxidation sites excluding steroid dienone is 2. The van der Waals surface area contributed by atoms with E-state index in [0.29, 0.717) is 23.9 Å². The first-order valence-electron chi connectivity index (χ1n) is 10.2. The van der Waals surface area contributed by atoms with Crippen molar-refractivity contribution in [1.29, 1.82) is 0 Å². The van der Waals surface area contributed by atoms with Gasteiger partial charge in [-0.3, -0.25) is 19.6 Å². The topological polar surface area (TPSA) is 75.2 Å². The van der Waals surface area contributed by atoms with E-state index in [1.54, 1.807) is 18.6 Å². The smallest absolute Gasteiger partial charge is 0.253 e. The highest BCUT2D eigenvalue weighted by molar-refractivity contribution is 5.94. The standard InChI is InChI=1S/C23H26N4O2/c28-22(26-14-17-5-8-24-9-6-17)21-12-19(13-25-15-21)11-18-7-10-27(16-18)23(29)20-3-1-2-4-20/h1-2,5-6,8-9,12-13,15,18,20H,3-4,7,10-11,14,16H2,(H,26,28). The molecule has 1 atom stereocenters. The Kier molecular flexibility index (Phi) is 5.98. The zero-order valence-corrected chi connectivity index (χ0v) is 16.5. The lowest BCUT2D eigenvalue weighted by molar-refractivity contribution is -0.134. The van der Waals surface area contributed by atoms with Crippen molar-refractivity contribution >= 4 is 11.8 Å². The van der Waals surface area contributed by atoms with Crippen LogP contribution in [0.2, 0.25) is 0 Å². The van der Waals surface area contributed by atoms with Gasteiger partial charge in [0.2, 0.25) is 5.91 Å². The molecule has 4 rings (SSSR count). The Balaban J connectivity index is 1.31. The lowest BCUT2D eigenvalue weighted by atomic mass is 9.99. The van der Waals surface area contributed by atoms with E-state index >= 15 is 0 Å². The minimum absolute atomic E-state index is 0.131. The summed E-state index contributed by atoms with van der Waals surface area (Å²) < 4.78 is 0. The Hall–Kier alpha value is -3.02. The van der Waals surface area contributed by atoms with Gasteiger partial charge >= 0.3 is 0 Å². The highest BCUT2D eigenvalue weighted by Crippen LogP contribution is 2.26. The van der Waals surface area contributed by atoms with Crippen LogP contribution in [-0.2, 0) is 17.8 Å². The van der Waals surface area contributed by atoms with Gasteiger partial charge in [0.05, 0.1) is 5.56 Å². The van der Waals surface area contributed by atoms with Gasteiger partial charge in [-0.1, -0.05) is 12.2 Å². The first-order valence-corrected chi connectivity index (χ1v) is 10.2. The van der Waals surface area contributed by atoms with Crippen molar-refractivity contribution in [1.82, 2.24) is 20.2 Å². The molecule has 0 bridgehead atoms. The van der Waals surface area contributed by atoms with E-state index in [1.807, 2.05) is 29.3 Å². The molecule has 0 spiro atoms. The summed E-state index contributed by atoms with van der Waals surface area (Å²) in [7, 11) is 0. The van der Waals surface area contributed by atoms with Crippen LogP contribution < -0.4 is 5.32 Å². The molecule has 1 unspecified atom stereocenters. The molecule has 0 aromatic carbocycles. The van der Waals surface area contributed by atoms with Gasteiger partial charge in [-0.2, -0.15) is 0 Å². The third-order valence-electron chi connectivity index (χ3n) is 5.74. The van der Waals surface area contributed by atoms with Gasteiger partial charge in [-0.15, -0.1) is 0 Å². The highest BCUT2D eigenvalue weighted by atomic mass is 16.2. The molecule has 0 saturated carbocycles. The van der Waals surface area contributed by atoms with Crippen molar-refractivity contribution in [3.63, 3.8) is 0 Å². The largest absolute Gasteiger partial charge is 0.348 e. The van der Waals surface area contributed by atoms with Crippen molar-refractivity contribution in [2.75, 3.05) is 13.1 Å². The fourth-order valence-corrected chi connectivity index (χ4v) is 4.12. The minimum atomic E-state index is -0.131. The molecule has 1 aliphatic carbocycles. The van der Waals surface area contributed by atoms with Crippen LogP contribution >= 0.6 is 0 Å². The van der Waals surface area contributed by atoms with E-state index < -0.39 is 0 Å². The maximum Gasteiger partial charge on any atom is 0.253 e. The first kappa shape index (κ1) is 19.3. The molecule has 6 nitrogen and oxygen atoms in total. The molecule has 0 radical (unpaired) electrons. The Bertz CT molecular complexity index is 889. The van der Waals surface area contributed by atoms with Crippen molar-refractivity contribution in [3.8, 4) is 0 Å². The minimum Gasteiger partial charge on any atom is -0.348 e. The number of nitrogens with zero attached hydrogens (tertiary/aromatic N) is 3. The number of hydrogen-bond donors (Lipinski definition) is 1. The molecule has 2 aromatic rings. The average Bonchev–Trinajstić information content (AvgIpc) is 3.45. The zero-order valence-electron chi connectivity index (χ0n) is 16.5. The van der Waals surface area contributed by atoms with E-state index in [1.165, 1.54) is 0 Å². The Morgan fingerprint density at radius 1 is 1.07 bits per heavy atom. The van der Waals surface area contributed by atoms with Crippen LogP contribution in [0.15, 0.2) is 55.1 Å². The van der Waals surface area contributed by atoms with E-state index in [-0.39, 0.29) is 11.8 Å². The molecule has 2 aromatic heterocycles. The second-order valence-electron chi connectivity index (χ2n) is 7.90. The summed E-state index contributed by atoms with van der Waals surface area (Å²) in [5, 5.41) is 2.92. The van der Waals surface area contributed by atoms with Gasteiger partial charge in [0.1, 0.15) is 0 Å². The number of rotatable bonds is 6. The molecule has 3 heterocycles. The van der Waals surface area contributed by atoms with Gasteiger partial charge in [-0.25, -0.2) is 0 Å². The van der Waals surface area contributed by atoms with E-state index in [0.717, 1.165) is 49.9 Å². The van der Waals surface area contributed by atoms with Crippen molar-refractivity contribution < 1.29 is 9.59 Å². The summed E-state index contributed by atoms with van der Waals surface area (Å²) in [5.41, 5.74) is 2.62. The summed E-state index contributed by atoms with van der Waals surface area (Å²) >= 11 is 0. The third kappa shape index (κ3) is 4.88. The fraction of sp³-hybridized carbons (Fsp3) is 0.391. The van der Waals surface area contributed by atoms with Gasteiger partial charge in [0.15, 0.2) is 0 Å². The lowest BCUT2D eigenvalue weighted by Crippen LogP contribution is -2.33. The second-order valence-corrected chi connectivity index (χ2v) is 7.90. The van der Waals surface area contributed by atoms with Crippen molar-refractivity contribution in [2.24, 2.45) is 11.8 Å². The Labute approximate surface area is 171 Å². The van der Waals surface area contributed by atoms with Crippen LogP contribution in [0.1, 0.15) is 40.7 Å². The molecule has 6 heteroatoms. The third-order valence-corrected chi connectivity index (χ3v) is 5.74. The quantitative estimate of drug-likeness (QED) is 0.770. The van der Waals surface area contributed by atoms with Gasteiger partial charge in [-0.05, 0) is 60.9 Å². The van der Waals surface area contributed by atoms with Crippen molar-refractivity contribution in [3.05, 3.63) is 71.8 Å².